The van der Waals surface area contributed by atoms with Gasteiger partial charge in [0.1, 0.15) is 0 Å². The highest BCUT2D eigenvalue weighted by Gasteiger charge is 2.36. The van der Waals surface area contributed by atoms with Gasteiger partial charge in [-0.2, -0.15) is 0 Å². The fourth-order valence-electron chi connectivity index (χ4n) is 2.43. The molecule has 1 aliphatic heterocycles. The van der Waals surface area contributed by atoms with Gasteiger partial charge in [-0.3, -0.25) is 9.59 Å². The molecule has 7 heteroatoms. The summed E-state index contributed by atoms with van der Waals surface area (Å²) in [7, 11) is 0. The number of halogens is 1. The van der Waals surface area contributed by atoms with Crippen molar-refractivity contribution in [2.24, 2.45) is 5.92 Å². The summed E-state index contributed by atoms with van der Waals surface area (Å²) >= 11 is 6.19. The zero-order chi connectivity index (χ0) is 17.0. The van der Waals surface area contributed by atoms with Crippen molar-refractivity contribution in [3.63, 3.8) is 0 Å². The Bertz CT molecular complexity index is 631. The van der Waals surface area contributed by atoms with Crippen molar-refractivity contribution >= 4 is 35.1 Å². The maximum Gasteiger partial charge on any atom is 0.338 e. The topological polar surface area (TPSA) is 72.9 Å². The van der Waals surface area contributed by atoms with E-state index in [4.69, 9.17) is 21.1 Å². The van der Waals surface area contributed by atoms with E-state index in [0.717, 1.165) is 0 Å². The first-order chi connectivity index (χ1) is 11.0. The molecule has 0 radical (unpaired) electrons. The van der Waals surface area contributed by atoms with E-state index in [9.17, 15) is 14.4 Å². The van der Waals surface area contributed by atoms with Gasteiger partial charge in [-0.1, -0.05) is 11.6 Å². The number of ether oxygens (including phenoxy) is 2. The van der Waals surface area contributed by atoms with Gasteiger partial charge in [0, 0.05) is 13.0 Å². The maximum atomic E-state index is 12.1. The molecule has 0 spiro atoms. The summed E-state index contributed by atoms with van der Waals surface area (Å²) in [5.41, 5.74) is 0.783. The number of hydrogen-bond acceptors (Lipinski definition) is 5. The molecule has 1 aromatic carbocycles. The predicted molar refractivity (Wildman–Crippen MR) is 84.5 cm³/mol. The van der Waals surface area contributed by atoms with Crippen LogP contribution in [0.2, 0.25) is 5.02 Å². The molecule has 1 aliphatic rings. The third-order valence-electron chi connectivity index (χ3n) is 3.49. The number of rotatable bonds is 5. The largest absolute Gasteiger partial charge is 0.466 e. The van der Waals surface area contributed by atoms with Crippen LogP contribution in [0.15, 0.2) is 18.2 Å². The summed E-state index contributed by atoms with van der Waals surface area (Å²) in [6.45, 7) is 4.20. The number of amides is 1. The minimum Gasteiger partial charge on any atom is -0.466 e. The van der Waals surface area contributed by atoms with E-state index in [1.54, 1.807) is 26.0 Å². The summed E-state index contributed by atoms with van der Waals surface area (Å²) in [5, 5.41) is 0.258. The average Bonchev–Trinajstić information content (AvgIpc) is 2.89. The molecule has 1 fully saturated rings. The highest BCUT2D eigenvalue weighted by atomic mass is 35.5. The van der Waals surface area contributed by atoms with Crippen LogP contribution in [0, 0.1) is 5.92 Å². The zero-order valence-corrected chi connectivity index (χ0v) is 13.8. The van der Waals surface area contributed by atoms with E-state index in [1.807, 2.05) is 0 Å². The van der Waals surface area contributed by atoms with E-state index in [1.165, 1.54) is 11.0 Å². The van der Waals surface area contributed by atoms with E-state index in [0.29, 0.717) is 11.3 Å². The van der Waals surface area contributed by atoms with Crippen LogP contribution in [0.25, 0.3) is 0 Å². The van der Waals surface area contributed by atoms with Crippen LogP contribution in [0.4, 0.5) is 5.69 Å². The van der Waals surface area contributed by atoms with E-state index >= 15 is 0 Å². The molecule has 124 valence electrons. The Morgan fingerprint density at radius 1 is 1.26 bits per heavy atom. The number of nitrogens with zero attached hydrogens (tertiary/aromatic N) is 1. The van der Waals surface area contributed by atoms with Crippen molar-refractivity contribution < 1.29 is 23.9 Å². The van der Waals surface area contributed by atoms with E-state index in [-0.39, 0.29) is 43.1 Å². The first-order valence-corrected chi connectivity index (χ1v) is 7.79. The molecule has 1 heterocycles. The van der Waals surface area contributed by atoms with Crippen molar-refractivity contribution in [2.75, 3.05) is 24.7 Å². The summed E-state index contributed by atoms with van der Waals surface area (Å²) in [6.07, 6.45) is 0.0921. The van der Waals surface area contributed by atoms with Gasteiger partial charge in [0.2, 0.25) is 5.91 Å². The molecule has 1 aromatic rings. The smallest absolute Gasteiger partial charge is 0.338 e. The number of esters is 2. The average molecular weight is 340 g/mol. The quantitative estimate of drug-likeness (QED) is 0.770. The second-order valence-electron chi connectivity index (χ2n) is 5.04. The number of carbonyl (C=O) groups is 3. The monoisotopic (exact) mass is 339 g/mol. The molecule has 0 saturated carbocycles. The van der Waals surface area contributed by atoms with Crippen molar-refractivity contribution in [1.82, 2.24) is 0 Å². The Balaban J connectivity index is 2.17. The lowest BCUT2D eigenvalue weighted by Gasteiger charge is -2.18. The van der Waals surface area contributed by atoms with Gasteiger partial charge < -0.3 is 14.4 Å². The molecule has 0 aliphatic carbocycles. The molecule has 0 N–H and O–H groups in total. The molecular weight excluding hydrogens is 322 g/mol. The van der Waals surface area contributed by atoms with Gasteiger partial charge in [0.15, 0.2) is 0 Å². The van der Waals surface area contributed by atoms with Gasteiger partial charge in [-0.05, 0) is 32.0 Å². The van der Waals surface area contributed by atoms with Crippen LogP contribution < -0.4 is 4.90 Å². The van der Waals surface area contributed by atoms with Crippen LogP contribution in [0.1, 0.15) is 30.6 Å². The highest BCUT2D eigenvalue weighted by Crippen LogP contribution is 2.32. The van der Waals surface area contributed by atoms with Gasteiger partial charge in [-0.15, -0.1) is 0 Å². The molecule has 2 rings (SSSR count). The Labute approximate surface area is 139 Å². The Morgan fingerprint density at radius 2 is 1.96 bits per heavy atom. The van der Waals surface area contributed by atoms with Crippen LogP contribution in [0.3, 0.4) is 0 Å². The second-order valence-corrected chi connectivity index (χ2v) is 5.45. The Hall–Kier alpha value is -2.08. The Kier molecular flexibility index (Phi) is 5.60. The molecule has 0 aromatic heterocycles. The lowest BCUT2D eigenvalue weighted by atomic mass is 10.1. The molecule has 1 amide bonds. The molecule has 1 atom stereocenters. The molecule has 1 saturated heterocycles. The summed E-state index contributed by atoms with van der Waals surface area (Å²) in [4.78, 5) is 37.0. The molecule has 6 nitrogen and oxygen atoms in total. The fourth-order valence-corrected chi connectivity index (χ4v) is 2.71. The fraction of sp³-hybridized carbons (Fsp3) is 0.438. The van der Waals surface area contributed by atoms with E-state index in [2.05, 4.69) is 0 Å². The molecule has 0 bridgehead atoms. The second kappa shape index (κ2) is 7.46. The predicted octanol–water partition coefficient (Wildman–Crippen LogP) is 2.43. The van der Waals surface area contributed by atoms with Crippen molar-refractivity contribution in [1.29, 1.82) is 0 Å². The SMILES string of the molecule is CCOC(=O)c1ccc(N2CC(C(=O)OCC)CC2=O)c(Cl)c1. The highest BCUT2D eigenvalue weighted by molar-refractivity contribution is 6.34. The van der Waals surface area contributed by atoms with Crippen LogP contribution in [-0.4, -0.2) is 37.6 Å². The lowest BCUT2D eigenvalue weighted by molar-refractivity contribution is -0.147. The molecular formula is C16H18ClNO5. The van der Waals surface area contributed by atoms with Crippen LogP contribution >= 0.6 is 11.6 Å². The molecule has 1 unspecified atom stereocenters. The Morgan fingerprint density at radius 3 is 2.57 bits per heavy atom. The first kappa shape index (κ1) is 17.3. The molecule has 23 heavy (non-hydrogen) atoms. The van der Waals surface area contributed by atoms with Gasteiger partial charge in [-0.25, -0.2) is 4.79 Å². The number of anilines is 1. The number of carbonyl (C=O) groups excluding carboxylic acids is 3. The minimum atomic E-state index is -0.497. The van der Waals surface area contributed by atoms with Gasteiger partial charge in [0.05, 0.1) is 35.4 Å². The number of hydrogen-bond donors (Lipinski definition) is 0. The maximum absolute atomic E-state index is 12.1. The van der Waals surface area contributed by atoms with Crippen LogP contribution in [-0.2, 0) is 19.1 Å². The minimum absolute atomic E-state index is 0.0921. The van der Waals surface area contributed by atoms with Crippen molar-refractivity contribution in [3.05, 3.63) is 28.8 Å². The van der Waals surface area contributed by atoms with E-state index < -0.39 is 11.9 Å². The summed E-state index contributed by atoms with van der Waals surface area (Å²) in [6, 6.07) is 4.59. The zero-order valence-electron chi connectivity index (χ0n) is 13.0. The van der Waals surface area contributed by atoms with Gasteiger partial charge >= 0.3 is 11.9 Å². The van der Waals surface area contributed by atoms with Crippen LogP contribution in [0.5, 0.6) is 0 Å². The van der Waals surface area contributed by atoms with Gasteiger partial charge in [0.25, 0.3) is 0 Å². The normalized spacial score (nSPS) is 17.3. The first-order valence-electron chi connectivity index (χ1n) is 7.41. The summed E-state index contributed by atoms with van der Waals surface area (Å²) < 4.78 is 9.86. The summed E-state index contributed by atoms with van der Waals surface area (Å²) in [5.74, 6) is -1.56. The third-order valence-corrected chi connectivity index (χ3v) is 3.80. The third kappa shape index (κ3) is 3.82. The van der Waals surface area contributed by atoms with Crippen molar-refractivity contribution in [2.45, 2.75) is 20.3 Å². The lowest BCUT2D eigenvalue weighted by Crippen LogP contribution is -2.26. The standard InChI is InChI=1S/C16H18ClNO5/c1-3-22-15(20)10-5-6-13(12(17)7-10)18-9-11(8-14(18)19)16(21)23-4-2/h5-7,11H,3-4,8-9H2,1-2H3. The van der Waals surface area contributed by atoms with Crippen molar-refractivity contribution in [3.8, 4) is 0 Å². The number of benzene rings is 1.